The summed E-state index contributed by atoms with van der Waals surface area (Å²) in [4.78, 5) is 24.8. The summed E-state index contributed by atoms with van der Waals surface area (Å²) in [5.41, 5.74) is 1.00. The quantitative estimate of drug-likeness (QED) is 0.633. The second-order valence-corrected chi connectivity index (χ2v) is 8.05. The van der Waals surface area contributed by atoms with Crippen molar-refractivity contribution in [1.29, 1.82) is 0 Å². The van der Waals surface area contributed by atoms with Gasteiger partial charge in [0.05, 0.1) is 10.7 Å². The van der Waals surface area contributed by atoms with Crippen molar-refractivity contribution < 1.29 is 14.3 Å². The molecule has 0 radical (unpaired) electrons. The second-order valence-electron chi connectivity index (χ2n) is 7.21. The Labute approximate surface area is 180 Å². The lowest BCUT2D eigenvalue weighted by atomic mass is 9.95. The van der Waals surface area contributed by atoms with Crippen LogP contribution >= 0.6 is 23.2 Å². The van der Waals surface area contributed by atoms with Crippen molar-refractivity contribution in [3.05, 3.63) is 58.1 Å². The largest absolute Gasteiger partial charge is 0.481 e. The lowest BCUT2D eigenvalue weighted by Gasteiger charge is -2.22. The van der Waals surface area contributed by atoms with Crippen molar-refractivity contribution in [2.45, 2.75) is 51.2 Å². The highest BCUT2D eigenvalue weighted by Gasteiger charge is 2.18. The van der Waals surface area contributed by atoms with Gasteiger partial charge in [-0.2, -0.15) is 0 Å². The molecule has 2 N–H and O–H groups in total. The van der Waals surface area contributed by atoms with Crippen molar-refractivity contribution in [3.63, 3.8) is 0 Å². The van der Waals surface area contributed by atoms with Crippen LogP contribution < -0.4 is 15.4 Å². The molecule has 1 atom stereocenters. The molecule has 29 heavy (non-hydrogen) atoms. The number of hydrogen-bond acceptors (Lipinski definition) is 3. The van der Waals surface area contributed by atoms with Crippen LogP contribution in [-0.2, 0) is 4.79 Å². The molecule has 0 aliphatic heterocycles. The van der Waals surface area contributed by atoms with E-state index in [4.69, 9.17) is 27.9 Å². The Kier molecular flexibility index (Phi) is 7.40. The Morgan fingerprint density at radius 3 is 2.41 bits per heavy atom. The van der Waals surface area contributed by atoms with Crippen LogP contribution in [-0.4, -0.2) is 24.0 Å². The van der Waals surface area contributed by atoms with E-state index < -0.39 is 6.10 Å². The molecule has 1 fully saturated rings. The zero-order chi connectivity index (χ0) is 20.8. The Bertz CT molecular complexity index is 865. The van der Waals surface area contributed by atoms with Crippen LogP contribution in [0.25, 0.3) is 0 Å². The summed E-state index contributed by atoms with van der Waals surface area (Å²) in [5.74, 6) is 0.0668. The topological polar surface area (TPSA) is 67.4 Å². The maximum absolute atomic E-state index is 12.4. The molecule has 5 nitrogen and oxygen atoms in total. The molecule has 1 aliphatic carbocycles. The SMILES string of the molecule is CC(Oc1ccc(C(=O)NC2CCCCC2)cc1)C(=O)Nc1cc(Cl)ccc1Cl. The number of nitrogens with one attached hydrogen (secondary N) is 2. The minimum atomic E-state index is -0.757. The molecule has 2 aromatic carbocycles. The molecular weight excluding hydrogens is 411 g/mol. The summed E-state index contributed by atoms with van der Waals surface area (Å²) in [7, 11) is 0. The number of halogens is 2. The Hall–Kier alpha value is -2.24. The predicted octanol–water partition coefficient (Wildman–Crippen LogP) is 5.46. The molecule has 7 heteroatoms. The number of hydrogen-bond donors (Lipinski definition) is 2. The molecule has 1 aliphatic rings. The third-order valence-corrected chi connectivity index (χ3v) is 5.49. The van der Waals surface area contributed by atoms with E-state index in [1.165, 1.54) is 6.42 Å². The van der Waals surface area contributed by atoms with Crippen LogP contribution in [0.2, 0.25) is 10.0 Å². The molecule has 0 heterocycles. The van der Waals surface area contributed by atoms with E-state index in [0.717, 1.165) is 25.7 Å². The first-order valence-electron chi connectivity index (χ1n) is 9.76. The van der Waals surface area contributed by atoms with Gasteiger partial charge in [0.1, 0.15) is 5.75 Å². The summed E-state index contributed by atoms with van der Waals surface area (Å²) < 4.78 is 5.68. The summed E-state index contributed by atoms with van der Waals surface area (Å²) in [6.07, 6.45) is 4.89. The molecule has 0 aromatic heterocycles. The second kappa shape index (κ2) is 9.99. The number of anilines is 1. The molecule has 0 bridgehead atoms. The third-order valence-electron chi connectivity index (χ3n) is 4.93. The number of rotatable bonds is 6. The van der Waals surface area contributed by atoms with Gasteiger partial charge in [-0.3, -0.25) is 9.59 Å². The zero-order valence-electron chi connectivity index (χ0n) is 16.2. The van der Waals surface area contributed by atoms with Gasteiger partial charge in [-0.05, 0) is 62.2 Å². The fraction of sp³-hybridized carbons (Fsp3) is 0.364. The summed E-state index contributed by atoms with van der Waals surface area (Å²) >= 11 is 12.0. The van der Waals surface area contributed by atoms with Crippen LogP contribution in [0, 0.1) is 0 Å². The molecular formula is C22H24Cl2N2O3. The predicted molar refractivity (Wildman–Crippen MR) is 116 cm³/mol. The van der Waals surface area contributed by atoms with Gasteiger partial charge in [0.2, 0.25) is 0 Å². The minimum absolute atomic E-state index is 0.0789. The highest BCUT2D eigenvalue weighted by molar-refractivity contribution is 6.35. The maximum atomic E-state index is 12.4. The molecule has 0 spiro atoms. The third kappa shape index (κ3) is 6.12. The highest BCUT2D eigenvalue weighted by Crippen LogP contribution is 2.26. The van der Waals surface area contributed by atoms with Gasteiger partial charge in [-0.1, -0.05) is 42.5 Å². The van der Waals surface area contributed by atoms with E-state index in [2.05, 4.69) is 10.6 Å². The van der Waals surface area contributed by atoms with E-state index in [0.29, 0.717) is 27.0 Å². The average molecular weight is 435 g/mol. The molecule has 154 valence electrons. The van der Waals surface area contributed by atoms with Gasteiger partial charge in [-0.25, -0.2) is 0 Å². The fourth-order valence-corrected chi connectivity index (χ4v) is 3.62. The molecule has 1 saturated carbocycles. The van der Waals surface area contributed by atoms with Crippen LogP contribution in [0.4, 0.5) is 5.69 Å². The van der Waals surface area contributed by atoms with Crippen molar-refractivity contribution in [3.8, 4) is 5.75 Å². The molecule has 3 rings (SSSR count). The van der Waals surface area contributed by atoms with Crippen LogP contribution in [0.5, 0.6) is 5.75 Å². The van der Waals surface area contributed by atoms with Gasteiger partial charge in [0.15, 0.2) is 6.10 Å². The number of carbonyl (C=O) groups excluding carboxylic acids is 2. The van der Waals surface area contributed by atoms with Gasteiger partial charge in [-0.15, -0.1) is 0 Å². The lowest BCUT2D eigenvalue weighted by molar-refractivity contribution is -0.122. The maximum Gasteiger partial charge on any atom is 0.265 e. The van der Waals surface area contributed by atoms with Gasteiger partial charge >= 0.3 is 0 Å². The Morgan fingerprint density at radius 1 is 1.03 bits per heavy atom. The van der Waals surface area contributed by atoms with Gasteiger partial charge < -0.3 is 15.4 Å². The van der Waals surface area contributed by atoms with Gasteiger partial charge in [0, 0.05) is 16.6 Å². The first kappa shape index (κ1) is 21.5. The first-order valence-corrected chi connectivity index (χ1v) is 10.5. The summed E-state index contributed by atoms with van der Waals surface area (Å²) in [6, 6.07) is 11.9. The first-order chi connectivity index (χ1) is 13.9. The van der Waals surface area contributed by atoms with Crippen molar-refractivity contribution in [1.82, 2.24) is 5.32 Å². The molecule has 1 unspecified atom stereocenters. The molecule has 0 saturated heterocycles. The number of amides is 2. The van der Waals surface area contributed by atoms with Crippen molar-refractivity contribution >= 4 is 40.7 Å². The summed E-state index contributed by atoms with van der Waals surface area (Å²) in [6.45, 7) is 1.64. The van der Waals surface area contributed by atoms with Gasteiger partial charge in [0.25, 0.3) is 11.8 Å². The van der Waals surface area contributed by atoms with Crippen molar-refractivity contribution in [2.75, 3.05) is 5.32 Å². The van der Waals surface area contributed by atoms with E-state index in [1.54, 1.807) is 49.4 Å². The number of benzene rings is 2. The van der Waals surface area contributed by atoms with Crippen LogP contribution in [0.3, 0.4) is 0 Å². The molecule has 2 aromatic rings. The minimum Gasteiger partial charge on any atom is -0.481 e. The summed E-state index contributed by atoms with van der Waals surface area (Å²) in [5, 5.41) is 6.65. The zero-order valence-corrected chi connectivity index (χ0v) is 17.7. The monoisotopic (exact) mass is 434 g/mol. The number of ether oxygens (including phenoxy) is 1. The number of carbonyl (C=O) groups is 2. The fourth-order valence-electron chi connectivity index (χ4n) is 3.29. The smallest absolute Gasteiger partial charge is 0.265 e. The average Bonchev–Trinajstić information content (AvgIpc) is 2.72. The van der Waals surface area contributed by atoms with E-state index in [1.807, 2.05) is 0 Å². The lowest BCUT2D eigenvalue weighted by Crippen LogP contribution is -2.36. The Morgan fingerprint density at radius 2 is 1.72 bits per heavy atom. The highest BCUT2D eigenvalue weighted by atomic mass is 35.5. The standard InChI is InChI=1S/C22H24Cl2N2O3/c1-14(21(27)26-20-13-16(23)9-12-19(20)24)29-18-10-7-15(8-11-18)22(28)25-17-5-3-2-4-6-17/h7-14,17H,2-6H2,1H3,(H,25,28)(H,26,27). The molecule has 2 amide bonds. The van der Waals surface area contributed by atoms with Crippen molar-refractivity contribution in [2.24, 2.45) is 0 Å². The van der Waals surface area contributed by atoms with E-state index in [-0.39, 0.29) is 17.9 Å². The van der Waals surface area contributed by atoms with Crippen LogP contribution in [0.15, 0.2) is 42.5 Å². The Balaban J connectivity index is 1.54. The van der Waals surface area contributed by atoms with E-state index >= 15 is 0 Å². The van der Waals surface area contributed by atoms with Crippen LogP contribution in [0.1, 0.15) is 49.4 Å². The van der Waals surface area contributed by atoms with E-state index in [9.17, 15) is 9.59 Å². The normalized spacial score (nSPS) is 15.4.